The molecule has 1 heterocycles. The van der Waals surface area contributed by atoms with E-state index in [0.717, 1.165) is 12.8 Å². The lowest BCUT2D eigenvalue weighted by Crippen LogP contribution is -2.53. The Bertz CT molecular complexity index is 541. The van der Waals surface area contributed by atoms with Crippen molar-refractivity contribution in [2.24, 2.45) is 10.4 Å². The number of ether oxygens (including phenoxy) is 1. The quantitative estimate of drug-likeness (QED) is 0.233. The number of carbonyl (C=O) groups excluding carboxylic acids is 2. The summed E-state index contributed by atoms with van der Waals surface area (Å²) in [6.07, 6.45) is 1.60. The molecule has 3 N–H and O–H groups in total. The number of hydrogen-bond acceptors (Lipinski definition) is 4. The Labute approximate surface area is 186 Å². The van der Waals surface area contributed by atoms with E-state index in [4.69, 9.17) is 4.74 Å². The summed E-state index contributed by atoms with van der Waals surface area (Å²) in [6, 6.07) is 0.113. The minimum Gasteiger partial charge on any atom is -0.444 e. The number of halogens is 1. The van der Waals surface area contributed by atoms with E-state index in [-0.39, 0.29) is 42.0 Å². The number of aliphatic imine (C=N–C) groups is 1. The number of nitrogens with zero attached hydrogens (tertiary/aromatic N) is 2. The number of likely N-dealkylation sites (tertiary alicyclic amines) is 1. The second-order valence-corrected chi connectivity index (χ2v) is 8.91. The molecule has 0 bridgehead atoms. The fourth-order valence-corrected chi connectivity index (χ4v) is 2.60. The molecular weight excluding hydrogens is 473 g/mol. The highest BCUT2D eigenvalue weighted by Gasteiger charge is 2.28. The molecule has 1 rings (SSSR count). The molecule has 0 radical (unpaired) electrons. The largest absolute Gasteiger partial charge is 0.444 e. The molecule has 28 heavy (non-hydrogen) atoms. The molecular formula is C19H38IN5O3. The van der Waals surface area contributed by atoms with Gasteiger partial charge in [0.25, 0.3) is 0 Å². The first-order valence-corrected chi connectivity index (χ1v) is 9.66. The van der Waals surface area contributed by atoms with Gasteiger partial charge in [-0.05, 0) is 33.6 Å². The van der Waals surface area contributed by atoms with E-state index in [1.807, 2.05) is 41.5 Å². The molecule has 1 saturated heterocycles. The third kappa shape index (κ3) is 10.3. The van der Waals surface area contributed by atoms with E-state index >= 15 is 0 Å². The smallest absolute Gasteiger partial charge is 0.410 e. The number of nitrogens with one attached hydrogen (secondary N) is 3. The second-order valence-electron chi connectivity index (χ2n) is 8.91. The second kappa shape index (κ2) is 11.7. The third-order valence-electron chi connectivity index (χ3n) is 4.02. The summed E-state index contributed by atoms with van der Waals surface area (Å²) in [5.74, 6) is 0.684. The van der Waals surface area contributed by atoms with Gasteiger partial charge in [0.2, 0.25) is 5.91 Å². The molecule has 0 aromatic carbocycles. The van der Waals surface area contributed by atoms with Gasteiger partial charge in [-0.15, -0.1) is 24.0 Å². The van der Waals surface area contributed by atoms with Gasteiger partial charge in [-0.3, -0.25) is 9.79 Å². The summed E-state index contributed by atoms with van der Waals surface area (Å²) >= 11 is 0. The Hall–Kier alpha value is -1.26. The van der Waals surface area contributed by atoms with Crippen LogP contribution in [0.5, 0.6) is 0 Å². The van der Waals surface area contributed by atoms with Gasteiger partial charge in [-0.1, -0.05) is 20.8 Å². The van der Waals surface area contributed by atoms with Crippen molar-refractivity contribution in [3.05, 3.63) is 0 Å². The van der Waals surface area contributed by atoms with Gasteiger partial charge in [-0.25, -0.2) is 4.79 Å². The van der Waals surface area contributed by atoms with Gasteiger partial charge >= 0.3 is 6.09 Å². The molecule has 0 saturated carbocycles. The zero-order valence-corrected chi connectivity index (χ0v) is 20.7. The monoisotopic (exact) mass is 511 g/mol. The highest BCUT2D eigenvalue weighted by Crippen LogP contribution is 2.15. The van der Waals surface area contributed by atoms with Gasteiger partial charge in [0.15, 0.2) is 5.96 Å². The van der Waals surface area contributed by atoms with Crippen molar-refractivity contribution in [1.82, 2.24) is 20.9 Å². The third-order valence-corrected chi connectivity index (χ3v) is 4.02. The van der Waals surface area contributed by atoms with Crippen molar-refractivity contribution < 1.29 is 14.3 Å². The minimum absolute atomic E-state index is 0. The number of piperidine rings is 1. The number of rotatable bonds is 4. The van der Waals surface area contributed by atoms with Gasteiger partial charge in [0.05, 0.1) is 0 Å². The zero-order valence-electron chi connectivity index (χ0n) is 18.3. The molecule has 0 spiro atoms. The Kier molecular flexibility index (Phi) is 11.1. The fourth-order valence-electron chi connectivity index (χ4n) is 2.60. The van der Waals surface area contributed by atoms with Crippen LogP contribution in [0.1, 0.15) is 54.4 Å². The average Bonchev–Trinajstić information content (AvgIpc) is 2.55. The number of hydrogen-bond donors (Lipinski definition) is 3. The Morgan fingerprint density at radius 1 is 1.11 bits per heavy atom. The number of carbonyl (C=O) groups is 2. The van der Waals surface area contributed by atoms with Crippen LogP contribution in [0.25, 0.3) is 0 Å². The van der Waals surface area contributed by atoms with Gasteiger partial charge in [-0.2, -0.15) is 0 Å². The van der Waals surface area contributed by atoms with Crippen LogP contribution in [0.2, 0.25) is 0 Å². The number of amides is 2. The molecule has 164 valence electrons. The molecule has 1 aliphatic rings. The molecule has 0 aliphatic carbocycles. The van der Waals surface area contributed by atoms with Crippen molar-refractivity contribution in [3.8, 4) is 0 Å². The van der Waals surface area contributed by atoms with Crippen LogP contribution in [0.15, 0.2) is 4.99 Å². The van der Waals surface area contributed by atoms with Gasteiger partial charge < -0.3 is 25.6 Å². The first-order chi connectivity index (χ1) is 12.4. The molecule has 1 unspecified atom stereocenters. The zero-order chi connectivity index (χ0) is 20.7. The molecule has 0 aromatic rings. The van der Waals surface area contributed by atoms with Crippen LogP contribution in [-0.4, -0.2) is 67.7 Å². The van der Waals surface area contributed by atoms with Crippen molar-refractivity contribution in [1.29, 1.82) is 0 Å². The molecule has 1 fully saturated rings. The molecule has 1 atom stereocenters. The van der Waals surface area contributed by atoms with Crippen molar-refractivity contribution in [2.75, 3.05) is 33.2 Å². The highest BCUT2D eigenvalue weighted by atomic mass is 127. The van der Waals surface area contributed by atoms with Crippen LogP contribution in [0, 0.1) is 5.41 Å². The van der Waals surface area contributed by atoms with E-state index in [9.17, 15) is 9.59 Å². The van der Waals surface area contributed by atoms with Crippen LogP contribution in [-0.2, 0) is 9.53 Å². The van der Waals surface area contributed by atoms with Gasteiger partial charge in [0, 0.05) is 44.7 Å². The van der Waals surface area contributed by atoms with Crippen LogP contribution in [0.4, 0.5) is 4.79 Å². The fraction of sp³-hybridized carbons (Fsp3) is 0.842. The SMILES string of the molecule is CN=C(NCCNC(=O)C(C)(C)C)NC1CCCN(C(=O)OC(C)(C)C)C1.I. The maximum Gasteiger partial charge on any atom is 0.410 e. The Balaban J connectivity index is 0.00000729. The van der Waals surface area contributed by atoms with Crippen LogP contribution >= 0.6 is 24.0 Å². The summed E-state index contributed by atoms with van der Waals surface area (Å²) in [5.41, 5.74) is -0.889. The summed E-state index contributed by atoms with van der Waals surface area (Å²) in [6.45, 7) is 13.6. The van der Waals surface area contributed by atoms with Crippen LogP contribution < -0.4 is 16.0 Å². The van der Waals surface area contributed by atoms with Crippen molar-refractivity contribution >= 4 is 41.9 Å². The summed E-state index contributed by atoms with van der Waals surface area (Å²) in [4.78, 5) is 30.1. The molecule has 1 aliphatic heterocycles. The van der Waals surface area contributed by atoms with Crippen LogP contribution in [0.3, 0.4) is 0 Å². The highest BCUT2D eigenvalue weighted by molar-refractivity contribution is 14.0. The maximum absolute atomic E-state index is 12.3. The maximum atomic E-state index is 12.3. The lowest BCUT2D eigenvalue weighted by atomic mass is 9.96. The van der Waals surface area contributed by atoms with E-state index in [1.165, 1.54) is 0 Å². The van der Waals surface area contributed by atoms with E-state index in [1.54, 1.807) is 11.9 Å². The lowest BCUT2D eigenvalue weighted by Gasteiger charge is -2.35. The van der Waals surface area contributed by atoms with E-state index < -0.39 is 11.0 Å². The standard InChI is InChI=1S/C19H37N5O3.HI/c1-18(2,3)15(25)21-10-11-22-16(20-7)23-14-9-8-12-24(13-14)17(26)27-19(4,5)6;/h14H,8-13H2,1-7H3,(H,21,25)(H2,20,22,23);1H. The number of guanidine groups is 1. The van der Waals surface area contributed by atoms with Crippen molar-refractivity contribution in [3.63, 3.8) is 0 Å². The predicted molar refractivity (Wildman–Crippen MR) is 123 cm³/mol. The Morgan fingerprint density at radius 2 is 1.71 bits per heavy atom. The first kappa shape index (κ1) is 26.7. The topological polar surface area (TPSA) is 95.1 Å². The predicted octanol–water partition coefficient (Wildman–Crippen LogP) is 2.33. The normalized spacial score (nSPS) is 18.0. The molecule has 0 aromatic heterocycles. The van der Waals surface area contributed by atoms with Gasteiger partial charge in [0.1, 0.15) is 5.60 Å². The van der Waals surface area contributed by atoms with E-state index in [2.05, 4.69) is 20.9 Å². The van der Waals surface area contributed by atoms with E-state index in [0.29, 0.717) is 32.1 Å². The average molecular weight is 511 g/mol. The summed E-state index contributed by atoms with van der Waals surface area (Å²) in [5, 5.41) is 9.44. The van der Waals surface area contributed by atoms with Crippen molar-refractivity contribution in [2.45, 2.75) is 66.0 Å². The first-order valence-electron chi connectivity index (χ1n) is 9.66. The summed E-state index contributed by atoms with van der Waals surface area (Å²) in [7, 11) is 1.71. The Morgan fingerprint density at radius 3 is 2.25 bits per heavy atom. The lowest BCUT2D eigenvalue weighted by molar-refractivity contribution is -0.128. The minimum atomic E-state index is -0.494. The molecule has 8 nitrogen and oxygen atoms in total. The molecule has 9 heteroatoms. The summed E-state index contributed by atoms with van der Waals surface area (Å²) < 4.78 is 5.46. The molecule has 2 amide bonds.